The van der Waals surface area contributed by atoms with Gasteiger partial charge in [0.2, 0.25) is 0 Å². The van der Waals surface area contributed by atoms with Crippen LogP contribution < -0.4 is 15.4 Å². The molecule has 7 nitrogen and oxygen atoms in total. The molecule has 6 rings (SSSR count). The third kappa shape index (κ3) is 6.68. The molecule has 0 radical (unpaired) electrons. The first-order chi connectivity index (χ1) is 20.4. The van der Waals surface area contributed by atoms with E-state index in [1.54, 1.807) is 0 Å². The summed E-state index contributed by atoms with van der Waals surface area (Å²) >= 11 is 5.82. The third-order valence-corrected chi connectivity index (χ3v) is 8.82. The number of rotatable bonds is 3. The lowest BCUT2D eigenvalue weighted by atomic mass is 9.93. The number of fused-ring (bicyclic) bond motifs is 2. The molecule has 14 heteroatoms. The lowest BCUT2D eigenvalue weighted by Gasteiger charge is -2.35. The predicted octanol–water partition coefficient (Wildman–Crippen LogP) is 6.93. The van der Waals surface area contributed by atoms with Crippen molar-refractivity contribution >= 4 is 23.1 Å². The maximum Gasteiger partial charge on any atom is 0.418 e. The van der Waals surface area contributed by atoms with Gasteiger partial charge in [0.1, 0.15) is 5.82 Å². The molecule has 0 bridgehead atoms. The van der Waals surface area contributed by atoms with E-state index < -0.39 is 46.0 Å². The Balaban J connectivity index is 0.000000279. The van der Waals surface area contributed by atoms with Crippen LogP contribution in [0.25, 0.3) is 0 Å². The zero-order valence-corrected chi connectivity index (χ0v) is 24.7. The van der Waals surface area contributed by atoms with Crippen LogP contribution in [-0.4, -0.2) is 54.2 Å². The van der Waals surface area contributed by atoms with Crippen LogP contribution in [0.4, 0.5) is 37.8 Å². The molecular weight excluding hydrogens is 600 g/mol. The number of nitrogens with two attached hydrogens (primary N) is 1. The summed E-state index contributed by atoms with van der Waals surface area (Å²) in [6.07, 6.45) is -2.70. The van der Waals surface area contributed by atoms with Crippen LogP contribution in [0, 0.1) is 11.7 Å². The van der Waals surface area contributed by atoms with Gasteiger partial charge in [0.25, 0.3) is 6.08 Å². The van der Waals surface area contributed by atoms with Crippen molar-refractivity contribution in [1.29, 1.82) is 0 Å². The Hall–Kier alpha value is -2.77. The van der Waals surface area contributed by atoms with Crippen LogP contribution in [0.2, 0.25) is 5.02 Å². The zero-order chi connectivity index (χ0) is 31.1. The minimum absolute atomic E-state index is 0.0760. The number of methoxy groups -OCH3 is 1. The van der Waals surface area contributed by atoms with E-state index in [4.69, 9.17) is 26.8 Å². The number of hydrogen-bond acceptors (Lipinski definition) is 7. The molecule has 3 atom stereocenters. The minimum atomic E-state index is -4.89. The molecule has 2 aromatic rings. The van der Waals surface area contributed by atoms with Crippen LogP contribution in [-0.2, 0) is 23.9 Å². The fourth-order valence-electron chi connectivity index (χ4n) is 6.47. The molecule has 3 fully saturated rings. The molecule has 0 saturated carbocycles. The Morgan fingerprint density at radius 1 is 1.14 bits per heavy atom. The van der Waals surface area contributed by atoms with Crippen molar-refractivity contribution in [2.24, 2.45) is 5.92 Å². The number of anilines is 2. The van der Waals surface area contributed by atoms with E-state index in [9.17, 15) is 26.3 Å². The van der Waals surface area contributed by atoms with Crippen molar-refractivity contribution in [2.75, 3.05) is 43.9 Å². The van der Waals surface area contributed by atoms with E-state index in [1.807, 2.05) is 0 Å². The summed E-state index contributed by atoms with van der Waals surface area (Å²) in [5.41, 5.74) is 4.60. The van der Waals surface area contributed by atoms with Crippen LogP contribution in [0.15, 0.2) is 17.7 Å². The molecular formula is C29H34ClF6N5O2. The fraction of sp³-hybridized carbons (Fsp3) is 0.586. The third-order valence-electron chi connectivity index (χ3n) is 8.53. The van der Waals surface area contributed by atoms with Gasteiger partial charge in [-0.2, -0.15) is 31.9 Å². The summed E-state index contributed by atoms with van der Waals surface area (Å²) in [6.45, 7) is 5.18. The van der Waals surface area contributed by atoms with Crippen molar-refractivity contribution < 1.29 is 35.8 Å². The van der Waals surface area contributed by atoms with E-state index in [-0.39, 0.29) is 19.0 Å². The lowest BCUT2D eigenvalue weighted by Crippen LogP contribution is -2.36. The number of piperidine rings is 1. The summed E-state index contributed by atoms with van der Waals surface area (Å²) in [7, 11) is 1.42. The van der Waals surface area contributed by atoms with Crippen LogP contribution in [0.5, 0.6) is 6.01 Å². The number of benzene rings is 1. The van der Waals surface area contributed by atoms with E-state index in [2.05, 4.69) is 26.7 Å². The molecule has 3 unspecified atom stereocenters. The molecule has 1 aromatic carbocycles. The topological polar surface area (TPSA) is 76.7 Å². The van der Waals surface area contributed by atoms with Crippen molar-refractivity contribution in [3.63, 3.8) is 0 Å². The summed E-state index contributed by atoms with van der Waals surface area (Å²) in [4.78, 5) is 13.1. The maximum atomic E-state index is 14.9. The number of ether oxygens (including phenoxy) is 2. The zero-order valence-electron chi connectivity index (χ0n) is 23.9. The molecule has 2 N–H and O–H groups in total. The molecule has 4 aliphatic rings. The van der Waals surface area contributed by atoms with Gasteiger partial charge in [0.05, 0.1) is 41.8 Å². The minimum Gasteiger partial charge on any atom is -0.467 e. The number of nitrogen functional groups attached to an aromatic ring is 1. The number of aromatic nitrogens is 2. The average Bonchev–Trinajstić information content (AvgIpc) is 3.57. The molecule has 3 saturated heterocycles. The van der Waals surface area contributed by atoms with Gasteiger partial charge in [-0.15, -0.1) is 0 Å². The van der Waals surface area contributed by atoms with Gasteiger partial charge in [-0.3, -0.25) is 4.90 Å². The molecule has 236 valence electrons. The van der Waals surface area contributed by atoms with Crippen molar-refractivity contribution in [3.8, 4) is 6.01 Å². The Bertz CT molecular complexity index is 1370. The second-order valence-electron chi connectivity index (χ2n) is 11.5. The highest BCUT2D eigenvalue weighted by atomic mass is 35.5. The largest absolute Gasteiger partial charge is 0.467 e. The predicted molar refractivity (Wildman–Crippen MR) is 150 cm³/mol. The first-order valence-electron chi connectivity index (χ1n) is 14.3. The Kier molecular flexibility index (Phi) is 9.34. The van der Waals surface area contributed by atoms with E-state index >= 15 is 0 Å². The summed E-state index contributed by atoms with van der Waals surface area (Å²) in [5, 5.41) is -0.677. The highest BCUT2D eigenvalue weighted by Gasteiger charge is 2.42. The maximum absolute atomic E-state index is 14.9. The standard InChI is InChI=1S/C21H23ClF4N4O2.C8H11F2N/c1-10-4-3-5-30(8-10)19-11-9-32-15(7-14(11)28-20(29-19)31-2)16-17(21(24,25)26)12(22)6-13(27)18(16)23;9-8(10)6-4-7-2-1-3-11(7)5-6/h6,10,15H,3-5,7-9,27H2,1-2H3;7H,1-5H2. The van der Waals surface area contributed by atoms with Gasteiger partial charge < -0.3 is 20.1 Å². The Morgan fingerprint density at radius 3 is 2.53 bits per heavy atom. The smallest absolute Gasteiger partial charge is 0.418 e. The van der Waals surface area contributed by atoms with Crippen molar-refractivity contribution in [1.82, 2.24) is 14.9 Å². The number of halogens is 7. The number of alkyl halides is 3. The van der Waals surface area contributed by atoms with Gasteiger partial charge in [-0.25, -0.2) is 4.39 Å². The molecule has 4 aliphatic heterocycles. The van der Waals surface area contributed by atoms with E-state index in [1.165, 1.54) is 13.5 Å². The quantitative estimate of drug-likeness (QED) is 0.290. The number of nitrogens with zero attached hydrogens (tertiary/aromatic N) is 4. The highest BCUT2D eigenvalue weighted by Crippen LogP contribution is 2.46. The fourth-order valence-corrected chi connectivity index (χ4v) is 6.80. The monoisotopic (exact) mass is 633 g/mol. The van der Waals surface area contributed by atoms with Gasteiger partial charge in [0, 0.05) is 48.8 Å². The second-order valence-corrected chi connectivity index (χ2v) is 11.9. The van der Waals surface area contributed by atoms with Gasteiger partial charge in [0.15, 0.2) is 5.82 Å². The molecule has 0 spiro atoms. The average molecular weight is 634 g/mol. The van der Waals surface area contributed by atoms with E-state index in [0.29, 0.717) is 47.6 Å². The van der Waals surface area contributed by atoms with Crippen LogP contribution in [0.3, 0.4) is 0 Å². The van der Waals surface area contributed by atoms with Gasteiger partial charge >= 0.3 is 12.2 Å². The summed E-state index contributed by atoms with van der Waals surface area (Å²) in [5.74, 6) is -0.0873. The molecule has 0 aliphatic carbocycles. The Morgan fingerprint density at radius 2 is 1.88 bits per heavy atom. The molecule has 1 aromatic heterocycles. The van der Waals surface area contributed by atoms with Crippen molar-refractivity contribution in [2.45, 2.75) is 70.4 Å². The Labute approximate surface area is 251 Å². The van der Waals surface area contributed by atoms with Crippen molar-refractivity contribution in [3.05, 3.63) is 50.9 Å². The lowest BCUT2D eigenvalue weighted by molar-refractivity contribution is -0.140. The second kappa shape index (κ2) is 12.7. The first kappa shape index (κ1) is 31.6. The normalized spacial score (nSPS) is 23.9. The van der Waals surface area contributed by atoms with Gasteiger partial charge in [-0.05, 0) is 50.6 Å². The number of hydrogen-bond donors (Lipinski definition) is 1. The van der Waals surface area contributed by atoms with Crippen LogP contribution >= 0.6 is 11.6 Å². The summed E-state index contributed by atoms with van der Waals surface area (Å²) < 4.78 is 91.2. The van der Waals surface area contributed by atoms with Crippen LogP contribution in [0.1, 0.15) is 67.5 Å². The molecule has 43 heavy (non-hydrogen) atoms. The molecule has 5 heterocycles. The molecule has 0 amide bonds. The SMILES string of the molecule is COc1nc2c(c(N3CCCC(C)C3)n1)COC(c1c(F)c(N)cc(Cl)c1C(F)(F)F)C2.FC(F)=C1CC2CCCN2C1. The summed E-state index contributed by atoms with van der Waals surface area (Å²) in [6, 6.07) is 1.30. The van der Waals surface area contributed by atoms with Gasteiger partial charge in [-0.1, -0.05) is 18.5 Å². The van der Waals surface area contributed by atoms with E-state index in [0.717, 1.165) is 45.0 Å². The highest BCUT2D eigenvalue weighted by molar-refractivity contribution is 6.31. The first-order valence-corrected chi connectivity index (χ1v) is 14.7.